The molecule has 0 unspecified atom stereocenters. The van der Waals surface area contributed by atoms with Crippen molar-refractivity contribution in [2.45, 2.75) is 6.11 Å². The first-order valence-electron chi connectivity index (χ1n) is 2.86. The fourth-order valence-electron chi connectivity index (χ4n) is 0.435. The molecule has 0 amide bonds. The first-order chi connectivity index (χ1) is 4.93. The highest BCUT2D eigenvalue weighted by Crippen LogP contribution is 2.33. The largest absolute Gasteiger partial charge is 0.395 e. The molecule has 0 atom stereocenters. The van der Waals surface area contributed by atoms with Crippen LogP contribution >= 0.6 is 0 Å². The second kappa shape index (κ2) is 3.40. The first kappa shape index (κ1) is 10.7. The van der Waals surface area contributed by atoms with Crippen LogP contribution in [-0.2, 0) is 0 Å². The van der Waals surface area contributed by atoms with Crippen molar-refractivity contribution in [1.82, 2.24) is 0 Å². The summed E-state index contributed by atoms with van der Waals surface area (Å²) in [5, 5.41) is 33.2. The van der Waals surface area contributed by atoms with Gasteiger partial charge < -0.3 is 20.4 Å². The minimum atomic E-state index is -4.29. The smallest absolute Gasteiger partial charge is 0.365 e. The third-order valence-electron chi connectivity index (χ3n) is 1.55. The van der Waals surface area contributed by atoms with Crippen molar-refractivity contribution in [2.24, 2.45) is 5.41 Å². The van der Waals surface area contributed by atoms with Crippen LogP contribution in [0.25, 0.3) is 0 Å². The van der Waals surface area contributed by atoms with E-state index < -0.39 is 31.3 Å². The van der Waals surface area contributed by atoms with Crippen LogP contribution in [0.3, 0.4) is 0 Å². The van der Waals surface area contributed by atoms with E-state index in [0.29, 0.717) is 0 Å². The Kier molecular flexibility index (Phi) is 3.30. The molecule has 4 N–H and O–H groups in total. The predicted molar refractivity (Wildman–Crippen MR) is 30.9 cm³/mol. The van der Waals surface area contributed by atoms with Gasteiger partial charge in [-0.05, 0) is 0 Å². The lowest BCUT2D eigenvalue weighted by Crippen LogP contribution is -2.50. The Balaban J connectivity index is 4.54. The molecule has 0 fully saturated rings. The van der Waals surface area contributed by atoms with Crippen LogP contribution in [0, 0.1) is 5.41 Å². The molecule has 11 heavy (non-hydrogen) atoms. The number of hydrogen-bond acceptors (Lipinski definition) is 4. The van der Waals surface area contributed by atoms with Gasteiger partial charge in [0.2, 0.25) is 0 Å². The maximum Gasteiger partial charge on any atom is 0.365 e. The van der Waals surface area contributed by atoms with Crippen LogP contribution in [0.4, 0.5) is 8.78 Å². The molecule has 4 nitrogen and oxygen atoms in total. The zero-order chi connectivity index (χ0) is 9.12. The second-order valence-electron chi connectivity index (χ2n) is 2.30. The van der Waals surface area contributed by atoms with Crippen molar-refractivity contribution >= 4 is 0 Å². The van der Waals surface area contributed by atoms with E-state index >= 15 is 0 Å². The standard InChI is InChI=1S/C5H10F2O4/c6-5(7,11)4(1-8,2-9)3-10/h8-11H,1-3H2. The summed E-state index contributed by atoms with van der Waals surface area (Å²) in [6, 6.07) is 0. The molecular formula is C5H10F2O4. The van der Waals surface area contributed by atoms with Gasteiger partial charge in [-0.25, -0.2) is 0 Å². The van der Waals surface area contributed by atoms with Crippen LogP contribution in [-0.4, -0.2) is 46.4 Å². The molecule has 0 bridgehead atoms. The summed E-state index contributed by atoms with van der Waals surface area (Å²) in [4.78, 5) is 0. The van der Waals surface area contributed by atoms with Crippen LogP contribution < -0.4 is 0 Å². The summed E-state index contributed by atoms with van der Waals surface area (Å²) < 4.78 is 24.2. The van der Waals surface area contributed by atoms with Crippen LogP contribution in [0.2, 0.25) is 0 Å². The third-order valence-corrected chi connectivity index (χ3v) is 1.55. The summed E-state index contributed by atoms with van der Waals surface area (Å²) >= 11 is 0. The molecule has 0 aromatic heterocycles. The van der Waals surface area contributed by atoms with Crippen molar-refractivity contribution in [1.29, 1.82) is 0 Å². The van der Waals surface area contributed by atoms with Crippen LogP contribution in [0.5, 0.6) is 0 Å². The van der Waals surface area contributed by atoms with Crippen molar-refractivity contribution in [3.8, 4) is 0 Å². The molecule has 0 heterocycles. The molecule has 0 saturated heterocycles. The molecule has 0 aliphatic heterocycles. The Bertz CT molecular complexity index is 110. The van der Waals surface area contributed by atoms with Gasteiger partial charge in [-0.15, -0.1) is 0 Å². The summed E-state index contributed by atoms with van der Waals surface area (Å²) in [6.45, 7) is -3.57. The number of aliphatic hydroxyl groups is 4. The Labute approximate surface area is 61.7 Å². The van der Waals surface area contributed by atoms with E-state index in [1.165, 1.54) is 0 Å². The average molecular weight is 172 g/mol. The second-order valence-corrected chi connectivity index (χ2v) is 2.30. The van der Waals surface area contributed by atoms with E-state index in [2.05, 4.69) is 0 Å². The highest BCUT2D eigenvalue weighted by molar-refractivity contribution is 4.84. The minimum absolute atomic E-state index is 1.19. The van der Waals surface area contributed by atoms with Crippen LogP contribution in [0.1, 0.15) is 0 Å². The van der Waals surface area contributed by atoms with Crippen molar-refractivity contribution in [2.75, 3.05) is 19.8 Å². The third kappa shape index (κ3) is 1.84. The Hall–Kier alpha value is -0.300. The molecule has 0 radical (unpaired) electrons. The van der Waals surface area contributed by atoms with Crippen molar-refractivity contribution < 1.29 is 29.2 Å². The molecule has 0 rings (SSSR count). The predicted octanol–water partition coefficient (Wildman–Crippen LogP) is -1.47. The summed E-state index contributed by atoms with van der Waals surface area (Å²) in [7, 11) is 0. The molecule has 0 saturated carbocycles. The quantitative estimate of drug-likeness (QED) is 0.417. The molecule has 6 heteroatoms. The fraction of sp³-hybridized carbons (Fsp3) is 1.00. The molecular weight excluding hydrogens is 162 g/mol. The molecule has 68 valence electrons. The maximum absolute atomic E-state index is 12.1. The van der Waals surface area contributed by atoms with Gasteiger partial charge in [-0.3, -0.25) is 0 Å². The lowest BCUT2D eigenvalue weighted by molar-refractivity contribution is -0.304. The van der Waals surface area contributed by atoms with Gasteiger partial charge in [0.1, 0.15) is 5.41 Å². The number of aliphatic hydroxyl groups excluding tert-OH is 3. The number of halogens is 2. The van der Waals surface area contributed by atoms with Gasteiger partial charge in [0.25, 0.3) is 0 Å². The van der Waals surface area contributed by atoms with Gasteiger partial charge in [-0.2, -0.15) is 8.78 Å². The fourth-order valence-corrected chi connectivity index (χ4v) is 0.435. The van der Waals surface area contributed by atoms with Crippen molar-refractivity contribution in [3.05, 3.63) is 0 Å². The van der Waals surface area contributed by atoms with E-state index in [0.717, 1.165) is 0 Å². The normalized spacial score (nSPS) is 13.6. The zero-order valence-corrected chi connectivity index (χ0v) is 5.67. The molecule has 0 spiro atoms. The zero-order valence-electron chi connectivity index (χ0n) is 5.67. The van der Waals surface area contributed by atoms with Crippen LogP contribution in [0.15, 0.2) is 0 Å². The Morgan fingerprint density at radius 2 is 1.18 bits per heavy atom. The number of hydrogen-bond donors (Lipinski definition) is 4. The highest BCUT2D eigenvalue weighted by atomic mass is 19.3. The van der Waals surface area contributed by atoms with Gasteiger partial charge >= 0.3 is 6.11 Å². The Morgan fingerprint density at radius 3 is 1.18 bits per heavy atom. The molecule has 0 aromatic carbocycles. The molecule has 0 aliphatic rings. The minimum Gasteiger partial charge on any atom is -0.395 e. The van der Waals surface area contributed by atoms with E-state index in [9.17, 15) is 8.78 Å². The maximum atomic E-state index is 12.1. The summed E-state index contributed by atoms with van der Waals surface area (Å²) in [5.74, 6) is 0. The highest BCUT2D eigenvalue weighted by Gasteiger charge is 2.51. The van der Waals surface area contributed by atoms with Gasteiger partial charge in [0, 0.05) is 0 Å². The van der Waals surface area contributed by atoms with E-state index in [4.69, 9.17) is 20.4 Å². The monoisotopic (exact) mass is 172 g/mol. The SMILES string of the molecule is OCC(CO)(CO)C(O)(F)F. The van der Waals surface area contributed by atoms with E-state index in [1.807, 2.05) is 0 Å². The molecule has 0 aliphatic carbocycles. The van der Waals surface area contributed by atoms with Gasteiger partial charge in [0.05, 0.1) is 19.8 Å². The molecule has 0 aromatic rings. The Morgan fingerprint density at radius 1 is 0.909 bits per heavy atom. The van der Waals surface area contributed by atoms with E-state index in [1.54, 1.807) is 0 Å². The topological polar surface area (TPSA) is 80.9 Å². The van der Waals surface area contributed by atoms with Gasteiger partial charge in [0.15, 0.2) is 0 Å². The first-order valence-corrected chi connectivity index (χ1v) is 2.86. The lowest BCUT2D eigenvalue weighted by atomic mass is 9.90. The summed E-state index contributed by atoms with van der Waals surface area (Å²) in [6.07, 6.45) is -4.29. The number of rotatable bonds is 4. The van der Waals surface area contributed by atoms with Gasteiger partial charge in [-0.1, -0.05) is 0 Å². The van der Waals surface area contributed by atoms with Crippen molar-refractivity contribution in [3.63, 3.8) is 0 Å². The van der Waals surface area contributed by atoms with E-state index in [-0.39, 0.29) is 0 Å². The lowest BCUT2D eigenvalue weighted by Gasteiger charge is -2.31. The summed E-state index contributed by atoms with van der Waals surface area (Å²) in [5.41, 5.74) is -2.55. The number of alkyl halides is 2. The average Bonchev–Trinajstić information content (AvgIpc) is 1.90.